The number of benzene rings is 1. The summed E-state index contributed by atoms with van der Waals surface area (Å²) in [7, 11) is 4.17. The van der Waals surface area contributed by atoms with Crippen molar-refractivity contribution in [2.45, 2.75) is 29.7 Å². The van der Waals surface area contributed by atoms with E-state index in [1.807, 2.05) is 12.1 Å². The van der Waals surface area contributed by atoms with E-state index in [1.54, 1.807) is 12.1 Å². The standard InChI is InChI=1S/C14H20N2OS/c1-16(2)14(8-3-9-14)10-15-13(17)11-4-6-12(18)7-5-11/h4-7,18H,3,8-10H2,1-2H3,(H,15,17). The molecule has 18 heavy (non-hydrogen) atoms. The van der Waals surface area contributed by atoms with Gasteiger partial charge in [0.05, 0.1) is 0 Å². The van der Waals surface area contributed by atoms with Gasteiger partial charge in [-0.1, -0.05) is 0 Å². The number of amides is 1. The molecule has 0 spiro atoms. The molecular formula is C14H20N2OS. The highest BCUT2D eigenvalue weighted by atomic mass is 32.1. The molecule has 0 aromatic heterocycles. The lowest BCUT2D eigenvalue weighted by atomic mass is 9.75. The van der Waals surface area contributed by atoms with Crippen molar-refractivity contribution in [3.63, 3.8) is 0 Å². The summed E-state index contributed by atoms with van der Waals surface area (Å²) in [5.41, 5.74) is 0.861. The molecule has 0 unspecified atom stereocenters. The van der Waals surface area contributed by atoms with Crippen molar-refractivity contribution in [1.82, 2.24) is 10.2 Å². The molecule has 2 rings (SSSR count). The molecule has 0 bridgehead atoms. The molecule has 1 N–H and O–H groups in total. The third-order valence-electron chi connectivity index (χ3n) is 3.94. The first-order chi connectivity index (χ1) is 8.53. The predicted molar refractivity (Wildman–Crippen MR) is 76.3 cm³/mol. The first-order valence-corrected chi connectivity index (χ1v) is 6.73. The Morgan fingerprint density at radius 2 is 1.94 bits per heavy atom. The van der Waals surface area contributed by atoms with Gasteiger partial charge in [-0.3, -0.25) is 4.79 Å². The number of thiol groups is 1. The summed E-state index contributed by atoms with van der Waals surface area (Å²) in [6.07, 6.45) is 3.58. The molecule has 1 aliphatic carbocycles. The van der Waals surface area contributed by atoms with Crippen LogP contribution in [0, 0.1) is 0 Å². The number of nitrogens with zero attached hydrogens (tertiary/aromatic N) is 1. The molecule has 98 valence electrons. The highest BCUT2D eigenvalue weighted by Gasteiger charge is 2.39. The summed E-state index contributed by atoms with van der Waals surface area (Å²) in [6.45, 7) is 0.724. The zero-order valence-corrected chi connectivity index (χ0v) is 11.8. The summed E-state index contributed by atoms with van der Waals surface area (Å²) in [6, 6.07) is 7.29. The van der Waals surface area contributed by atoms with Crippen LogP contribution in [-0.2, 0) is 0 Å². The largest absolute Gasteiger partial charge is 0.350 e. The Hall–Kier alpha value is -1.00. The highest BCUT2D eigenvalue weighted by molar-refractivity contribution is 7.80. The summed E-state index contributed by atoms with van der Waals surface area (Å²) in [4.78, 5) is 15.1. The Labute approximate surface area is 114 Å². The van der Waals surface area contributed by atoms with Crippen molar-refractivity contribution >= 4 is 18.5 Å². The fraction of sp³-hybridized carbons (Fsp3) is 0.500. The van der Waals surface area contributed by atoms with E-state index >= 15 is 0 Å². The number of likely N-dealkylation sites (N-methyl/N-ethyl adjacent to an activating group) is 1. The molecule has 0 atom stereocenters. The minimum Gasteiger partial charge on any atom is -0.350 e. The lowest BCUT2D eigenvalue weighted by Crippen LogP contribution is -2.57. The van der Waals surface area contributed by atoms with Gasteiger partial charge in [0, 0.05) is 22.5 Å². The molecule has 1 aromatic rings. The SMILES string of the molecule is CN(C)C1(CNC(=O)c2ccc(S)cc2)CCC1. The predicted octanol–water partition coefficient (Wildman–Crippen LogP) is 2.19. The summed E-state index contributed by atoms with van der Waals surface area (Å²) >= 11 is 4.21. The minimum absolute atomic E-state index is 0.00328. The monoisotopic (exact) mass is 264 g/mol. The molecule has 0 aliphatic heterocycles. The Morgan fingerprint density at radius 3 is 2.39 bits per heavy atom. The second-order valence-electron chi connectivity index (χ2n) is 5.20. The molecule has 0 saturated heterocycles. The van der Waals surface area contributed by atoms with Crippen LogP contribution in [0.2, 0.25) is 0 Å². The average Bonchev–Trinajstić information content (AvgIpc) is 2.27. The van der Waals surface area contributed by atoms with Crippen molar-refractivity contribution in [2.24, 2.45) is 0 Å². The topological polar surface area (TPSA) is 32.3 Å². The first kappa shape index (κ1) is 13.4. The fourth-order valence-electron chi connectivity index (χ4n) is 2.33. The van der Waals surface area contributed by atoms with Crippen LogP contribution in [0.3, 0.4) is 0 Å². The van der Waals surface area contributed by atoms with Crippen molar-refractivity contribution < 1.29 is 4.79 Å². The van der Waals surface area contributed by atoms with Crippen LogP contribution >= 0.6 is 12.6 Å². The zero-order valence-electron chi connectivity index (χ0n) is 10.9. The van der Waals surface area contributed by atoms with Gasteiger partial charge in [0.1, 0.15) is 0 Å². The van der Waals surface area contributed by atoms with E-state index in [1.165, 1.54) is 6.42 Å². The number of hydrogen-bond donors (Lipinski definition) is 2. The Balaban J connectivity index is 1.94. The van der Waals surface area contributed by atoms with E-state index in [0.717, 1.165) is 24.3 Å². The molecule has 4 heteroatoms. The third-order valence-corrected chi connectivity index (χ3v) is 4.24. The molecule has 1 aliphatic rings. The van der Waals surface area contributed by atoms with Crippen molar-refractivity contribution in [3.05, 3.63) is 29.8 Å². The van der Waals surface area contributed by atoms with Gasteiger partial charge in [0.15, 0.2) is 0 Å². The first-order valence-electron chi connectivity index (χ1n) is 6.28. The Kier molecular flexibility index (Phi) is 3.97. The summed E-state index contributed by atoms with van der Waals surface area (Å²) in [5, 5.41) is 3.04. The van der Waals surface area contributed by atoms with Crippen LogP contribution in [0.15, 0.2) is 29.2 Å². The van der Waals surface area contributed by atoms with E-state index in [0.29, 0.717) is 5.56 Å². The normalized spacial score (nSPS) is 17.3. The van der Waals surface area contributed by atoms with E-state index in [-0.39, 0.29) is 11.4 Å². The van der Waals surface area contributed by atoms with Gasteiger partial charge in [0.25, 0.3) is 5.91 Å². The van der Waals surface area contributed by atoms with Crippen molar-refractivity contribution in [1.29, 1.82) is 0 Å². The van der Waals surface area contributed by atoms with Gasteiger partial charge < -0.3 is 10.2 Å². The number of carbonyl (C=O) groups is 1. The lowest BCUT2D eigenvalue weighted by molar-refractivity contribution is 0.0557. The quantitative estimate of drug-likeness (QED) is 0.817. The van der Waals surface area contributed by atoms with Gasteiger partial charge >= 0.3 is 0 Å². The number of carbonyl (C=O) groups excluding carboxylic acids is 1. The summed E-state index contributed by atoms with van der Waals surface area (Å²) in [5.74, 6) is -0.00328. The van der Waals surface area contributed by atoms with E-state index in [4.69, 9.17) is 0 Å². The maximum absolute atomic E-state index is 12.0. The molecule has 1 fully saturated rings. The van der Waals surface area contributed by atoms with E-state index in [9.17, 15) is 4.79 Å². The van der Waals surface area contributed by atoms with E-state index < -0.39 is 0 Å². The van der Waals surface area contributed by atoms with Crippen LogP contribution in [0.25, 0.3) is 0 Å². The number of nitrogens with one attached hydrogen (secondary N) is 1. The third kappa shape index (κ3) is 2.70. The Bertz CT molecular complexity index is 424. The number of rotatable bonds is 4. The summed E-state index contributed by atoms with van der Waals surface area (Å²) < 4.78 is 0. The van der Waals surface area contributed by atoms with Gasteiger partial charge in [-0.05, 0) is 57.6 Å². The average molecular weight is 264 g/mol. The van der Waals surface area contributed by atoms with Crippen molar-refractivity contribution in [3.8, 4) is 0 Å². The van der Waals surface area contributed by atoms with Gasteiger partial charge in [-0.2, -0.15) is 0 Å². The maximum atomic E-state index is 12.0. The number of hydrogen-bond acceptors (Lipinski definition) is 3. The fourth-order valence-corrected chi connectivity index (χ4v) is 2.48. The maximum Gasteiger partial charge on any atom is 0.251 e. The van der Waals surface area contributed by atoms with Gasteiger partial charge in [0.2, 0.25) is 0 Å². The Morgan fingerprint density at radius 1 is 1.33 bits per heavy atom. The highest BCUT2D eigenvalue weighted by Crippen LogP contribution is 2.35. The van der Waals surface area contributed by atoms with Crippen LogP contribution in [0.4, 0.5) is 0 Å². The second kappa shape index (κ2) is 5.33. The lowest BCUT2D eigenvalue weighted by Gasteiger charge is -2.47. The van der Waals surface area contributed by atoms with Crippen LogP contribution in [0.5, 0.6) is 0 Å². The van der Waals surface area contributed by atoms with Crippen LogP contribution in [-0.4, -0.2) is 37.0 Å². The van der Waals surface area contributed by atoms with Crippen LogP contribution in [0.1, 0.15) is 29.6 Å². The second-order valence-corrected chi connectivity index (χ2v) is 5.72. The van der Waals surface area contributed by atoms with Crippen LogP contribution < -0.4 is 5.32 Å². The van der Waals surface area contributed by atoms with Gasteiger partial charge in [-0.25, -0.2) is 0 Å². The smallest absolute Gasteiger partial charge is 0.251 e. The van der Waals surface area contributed by atoms with Gasteiger partial charge in [-0.15, -0.1) is 12.6 Å². The molecule has 0 radical (unpaired) electrons. The van der Waals surface area contributed by atoms with Crippen molar-refractivity contribution in [2.75, 3.05) is 20.6 Å². The minimum atomic E-state index is -0.00328. The van der Waals surface area contributed by atoms with E-state index in [2.05, 4.69) is 36.9 Å². The molecule has 0 heterocycles. The molecule has 1 aromatic carbocycles. The molecule has 3 nitrogen and oxygen atoms in total. The zero-order chi connectivity index (χ0) is 13.2. The molecular weight excluding hydrogens is 244 g/mol. The molecule has 1 amide bonds. The molecule has 1 saturated carbocycles.